The topological polar surface area (TPSA) is 63.4 Å². The number of anilines is 1. The van der Waals surface area contributed by atoms with Crippen molar-refractivity contribution in [2.45, 2.75) is 25.2 Å². The molecule has 1 heterocycles. The molecule has 1 aliphatic heterocycles. The van der Waals surface area contributed by atoms with E-state index in [4.69, 9.17) is 5.73 Å². The number of hydrogen-bond donors (Lipinski definition) is 1. The maximum absolute atomic E-state index is 13.9. The van der Waals surface area contributed by atoms with Crippen molar-refractivity contribution in [3.8, 4) is 0 Å². The van der Waals surface area contributed by atoms with Gasteiger partial charge in [0.15, 0.2) is 5.82 Å². The fraction of sp³-hybridized carbons (Fsp3) is 0.538. The average Bonchev–Trinajstić information content (AvgIpc) is 2.38. The molecule has 4 nitrogen and oxygen atoms in total. The zero-order chi connectivity index (χ0) is 15.1. The largest absolute Gasteiger partial charge is 0.394 e. The maximum atomic E-state index is 13.9. The van der Waals surface area contributed by atoms with Crippen LogP contribution in [0.15, 0.2) is 17.0 Å². The lowest BCUT2D eigenvalue weighted by molar-refractivity contribution is 0.212. The number of nitrogens with two attached hydrogens (primary N) is 1. The van der Waals surface area contributed by atoms with E-state index in [1.165, 1.54) is 4.31 Å². The second kappa shape index (κ2) is 5.29. The molecule has 2 atom stereocenters. The minimum atomic E-state index is -3.98. The Hall–Kier alpha value is -1.21. The summed E-state index contributed by atoms with van der Waals surface area (Å²) in [6.07, 6.45) is 0.721. The van der Waals surface area contributed by atoms with E-state index in [1.807, 2.05) is 6.92 Å². The smallest absolute Gasteiger partial charge is 0.246 e. The number of piperidine rings is 1. The zero-order valence-electron chi connectivity index (χ0n) is 11.4. The summed E-state index contributed by atoms with van der Waals surface area (Å²) in [4.78, 5) is -0.557. The minimum absolute atomic E-state index is 0.194. The summed E-state index contributed by atoms with van der Waals surface area (Å²) in [5.74, 6) is -1.55. The van der Waals surface area contributed by atoms with Gasteiger partial charge in [-0.25, -0.2) is 17.2 Å². The highest BCUT2D eigenvalue weighted by atomic mass is 32.2. The van der Waals surface area contributed by atoms with Gasteiger partial charge in [0.2, 0.25) is 10.0 Å². The second-order valence-electron chi connectivity index (χ2n) is 5.38. The minimum Gasteiger partial charge on any atom is -0.394 e. The van der Waals surface area contributed by atoms with Crippen molar-refractivity contribution in [3.63, 3.8) is 0 Å². The third kappa shape index (κ3) is 2.52. The summed E-state index contributed by atoms with van der Waals surface area (Å²) in [6, 6.07) is 1.81. The predicted octanol–water partition coefficient (Wildman–Crippen LogP) is 2.21. The second-order valence-corrected chi connectivity index (χ2v) is 7.29. The Morgan fingerprint density at radius 1 is 1.25 bits per heavy atom. The Bertz CT molecular complexity index is 619. The van der Waals surface area contributed by atoms with Gasteiger partial charge in [-0.2, -0.15) is 4.31 Å². The maximum Gasteiger partial charge on any atom is 0.246 e. The normalized spacial score (nSPS) is 24.8. The molecule has 112 valence electrons. The average molecular weight is 304 g/mol. The summed E-state index contributed by atoms with van der Waals surface area (Å²) < 4.78 is 53.2. The predicted molar refractivity (Wildman–Crippen MR) is 72.5 cm³/mol. The number of halogens is 2. The molecule has 1 fully saturated rings. The quantitative estimate of drug-likeness (QED) is 0.852. The summed E-state index contributed by atoms with van der Waals surface area (Å²) >= 11 is 0. The zero-order valence-corrected chi connectivity index (χ0v) is 12.3. The van der Waals surface area contributed by atoms with Gasteiger partial charge in [-0.1, -0.05) is 13.8 Å². The Balaban J connectivity index is 2.39. The van der Waals surface area contributed by atoms with Crippen molar-refractivity contribution >= 4 is 15.7 Å². The molecule has 0 radical (unpaired) electrons. The monoisotopic (exact) mass is 304 g/mol. The van der Waals surface area contributed by atoms with Crippen LogP contribution in [0.25, 0.3) is 0 Å². The van der Waals surface area contributed by atoms with Crippen LogP contribution in [-0.2, 0) is 10.0 Å². The molecule has 7 heteroatoms. The molecule has 0 aliphatic carbocycles. The molecule has 0 spiro atoms. The molecule has 0 saturated carbocycles. The van der Waals surface area contributed by atoms with Crippen molar-refractivity contribution < 1.29 is 17.2 Å². The van der Waals surface area contributed by atoms with Gasteiger partial charge in [0, 0.05) is 13.1 Å². The van der Waals surface area contributed by atoms with Crippen LogP contribution in [0.1, 0.15) is 20.3 Å². The van der Waals surface area contributed by atoms with E-state index in [1.54, 1.807) is 0 Å². The van der Waals surface area contributed by atoms with E-state index < -0.39 is 32.2 Å². The third-order valence-electron chi connectivity index (χ3n) is 4.01. The van der Waals surface area contributed by atoms with Crippen molar-refractivity contribution in [1.82, 2.24) is 4.31 Å². The molecule has 0 bridgehead atoms. The van der Waals surface area contributed by atoms with Gasteiger partial charge in [0.1, 0.15) is 16.4 Å². The van der Waals surface area contributed by atoms with Crippen LogP contribution in [0.2, 0.25) is 0 Å². The van der Waals surface area contributed by atoms with Crippen LogP contribution in [0.5, 0.6) is 0 Å². The van der Waals surface area contributed by atoms with Gasteiger partial charge in [-0.3, -0.25) is 0 Å². The molecule has 0 amide bonds. The van der Waals surface area contributed by atoms with Crippen LogP contribution in [0, 0.1) is 23.5 Å². The van der Waals surface area contributed by atoms with Gasteiger partial charge in [0.25, 0.3) is 0 Å². The Morgan fingerprint density at radius 2 is 1.90 bits per heavy atom. The van der Waals surface area contributed by atoms with Gasteiger partial charge < -0.3 is 5.73 Å². The van der Waals surface area contributed by atoms with Crippen molar-refractivity contribution in [2.75, 3.05) is 18.8 Å². The van der Waals surface area contributed by atoms with Crippen molar-refractivity contribution in [3.05, 3.63) is 23.8 Å². The van der Waals surface area contributed by atoms with E-state index in [0.29, 0.717) is 19.0 Å². The molecular weight excluding hydrogens is 286 g/mol. The summed E-state index contributed by atoms with van der Waals surface area (Å²) in [7, 11) is -3.98. The molecule has 0 aromatic heterocycles. The number of benzene rings is 1. The lowest BCUT2D eigenvalue weighted by atomic mass is 9.90. The van der Waals surface area contributed by atoms with E-state index in [2.05, 4.69) is 6.92 Å². The highest BCUT2D eigenvalue weighted by Gasteiger charge is 2.34. The highest BCUT2D eigenvalue weighted by Crippen LogP contribution is 2.30. The third-order valence-corrected chi connectivity index (χ3v) is 5.89. The number of nitrogens with zero attached hydrogens (tertiary/aromatic N) is 1. The van der Waals surface area contributed by atoms with E-state index >= 15 is 0 Å². The number of hydrogen-bond acceptors (Lipinski definition) is 3. The standard InChI is InChI=1S/C13H18F2N2O2S/c1-8-5-6-17(7-9(8)2)20(18,19)11-4-3-10(14)13(16)12(11)15/h3-4,8-9H,5-7,16H2,1-2H3. The van der Waals surface area contributed by atoms with Crippen molar-refractivity contribution in [1.29, 1.82) is 0 Å². The number of nitrogen functional groups attached to an aromatic ring is 1. The molecule has 2 unspecified atom stereocenters. The summed E-state index contributed by atoms with van der Waals surface area (Å²) in [6.45, 7) is 4.69. The SMILES string of the molecule is CC1CCN(S(=O)(=O)c2ccc(F)c(N)c2F)CC1C. The lowest BCUT2D eigenvalue weighted by Gasteiger charge is -2.34. The van der Waals surface area contributed by atoms with E-state index in [0.717, 1.165) is 18.6 Å². The number of sulfonamides is 1. The molecule has 20 heavy (non-hydrogen) atoms. The van der Waals surface area contributed by atoms with Gasteiger partial charge in [-0.15, -0.1) is 0 Å². The lowest BCUT2D eigenvalue weighted by Crippen LogP contribution is -2.42. The molecule has 1 saturated heterocycles. The molecular formula is C13H18F2N2O2S. The van der Waals surface area contributed by atoms with Gasteiger partial charge in [0.05, 0.1) is 0 Å². The molecule has 1 aliphatic rings. The van der Waals surface area contributed by atoms with Crippen LogP contribution in [0.4, 0.5) is 14.5 Å². The number of rotatable bonds is 2. The molecule has 1 aromatic rings. The molecule has 1 aromatic carbocycles. The first-order chi connectivity index (χ1) is 9.25. The highest BCUT2D eigenvalue weighted by molar-refractivity contribution is 7.89. The summed E-state index contributed by atoms with van der Waals surface area (Å²) in [5, 5.41) is 0. The Labute approximate surface area is 117 Å². The molecule has 2 N–H and O–H groups in total. The molecule has 2 rings (SSSR count). The van der Waals surface area contributed by atoms with Gasteiger partial charge in [-0.05, 0) is 30.4 Å². The van der Waals surface area contributed by atoms with E-state index in [9.17, 15) is 17.2 Å². The van der Waals surface area contributed by atoms with Gasteiger partial charge >= 0.3 is 0 Å². The van der Waals surface area contributed by atoms with Crippen LogP contribution >= 0.6 is 0 Å². The summed E-state index contributed by atoms with van der Waals surface area (Å²) in [5.41, 5.74) is 4.47. The Morgan fingerprint density at radius 3 is 2.50 bits per heavy atom. The Kier molecular flexibility index (Phi) is 4.02. The van der Waals surface area contributed by atoms with Crippen LogP contribution in [-0.4, -0.2) is 25.8 Å². The fourth-order valence-electron chi connectivity index (χ4n) is 2.33. The van der Waals surface area contributed by atoms with Crippen molar-refractivity contribution in [2.24, 2.45) is 11.8 Å². The van der Waals surface area contributed by atoms with Crippen LogP contribution in [0.3, 0.4) is 0 Å². The van der Waals surface area contributed by atoms with Crippen LogP contribution < -0.4 is 5.73 Å². The first-order valence-electron chi connectivity index (χ1n) is 6.48. The first kappa shape index (κ1) is 15.2. The van der Waals surface area contributed by atoms with E-state index in [-0.39, 0.29) is 5.92 Å². The first-order valence-corrected chi connectivity index (χ1v) is 7.92. The fourth-order valence-corrected chi connectivity index (χ4v) is 3.96.